The first-order valence-electron chi connectivity index (χ1n) is 9.23. The molecule has 26 heavy (non-hydrogen) atoms. The van der Waals surface area contributed by atoms with E-state index in [9.17, 15) is 9.59 Å². The molecule has 0 aromatic heterocycles. The van der Waals surface area contributed by atoms with E-state index in [4.69, 9.17) is 0 Å². The summed E-state index contributed by atoms with van der Waals surface area (Å²) in [6, 6.07) is 15.8. The minimum atomic E-state index is -0.0302. The summed E-state index contributed by atoms with van der Waals surface area (Å²) in [4.78, 5) is 26.8. The highest BCUT2D eigenvalue weighted by molar-refractivity contribution is 5.93. The third kappa shape index (κ3) is 4.51. The van der Waals surface area contributed by atoms with E-state index >= 15 is 0 Å². The van der Waals surface area contributed by atoms with Gasteiger partial charge < -0.3 is 10.2 Å². The number of aryl methyl sites for hydroxylation is 2. The van der Waals surface area contributed by atoms with Crippen LogP contribution >= 0.6 is 0 Å². The molecular weight excluding hydrogens is 324 g/mol. The van der Waals surface area contributed by atoms with Crippen molar-refractivity contribution < 1.29 is 9.59 Å². The average Bonchev–Trinajstić information content (AvgIpc) is 2.65. The summed E-state index contributed by atoms with van der Waals surface area (Å²) in [7, 11) is 0. The molecule has 4 nitrogen and oxygen atoms in total. The van der Waals surface area contributed by atoms with Crippen LogP contribution in [0.1, 0.15) is 29.5 Å². The quantitative estimate of drug-likeness (QED) is 0.913. The number of carbonyl (C=O) groups excluding carboxylic acids is 2. The van der Waals surface area contributed by atoms with Gasteiger partial charge in [0.05, 0.1) is 6.42 Å². The van der Waals surface area contributed by atoms with Crippen molar-refractivity contribution >= 4 is 17.5 Å². The Labute approximate surface area is 155 Å². The Hall–Kier alpha value is -2.62. The van der Waals surface area contributed by atoms with Gasteiger partial charge in [0.25, 0.3) is 0 Å². The van der Waals surface area contributed by atoms with Crippen molar-refractivity contribution in [1.82, 2.24) is 4.90 Å². The van der Waals surface area contributed by atoms with Crippen molar-refractivity contribution in [3.8, 4) is 0 Å². The maximum atomic E-state index is 12.5. The Balaban J connectivity index is 1.50. The third-order valence-electron chi connectivity index (χ3n) is 5.19. The fraction of sp³-hybridized carbons (Fsp3) is 0.364. The number of carbonyl (C=O) groups is 2. The number of amides is 2. The molecule has 1 heterocycles. The van der Waals surface area contributed by atoms with E-state index in [1.165, 1.54) is 11.1 Å². The van der Waals surface area contributed by atoms with E-state index < -0.39 is 0 Å². The summed E-state index contributed by atoms with van der Waals surface area (Å²) < 4.78 is 0. The smallest absolute Gasteiger partial charge is 0.227 e. The summed E-state index contributed by atoms with van der Waals surface area (Å²) in [6.07, 6.45) is 1.87. The zero-order valence-electron chi connectivity index (χ0n) is 15.5. The number of nitrogens with one attached hydrogen (secondary N) is 1. The predicted molar refractivity (Wildman–Crippen MR) is 104 cm³/mol. The molecule has 1 aliphatic heterocycles. The van der Waals surface area contributed by atoms with Crippen LogP contribution in [0.25, 0.3) is 0 Å². The lowest BCUT2D eigenvalue weighted by molar-refractivity contribution is -0.133. The van der Waals surface area contributed by atoms with E-state index in [-0.39, 0.29) is 17.7 Å². The summed E-state index contributed by atoms with van der Waals surface area (Å²) in [5.74, 6) is 0.171. The topological polar surface area (TPSA) is 49.4 Å². The minimum absolute atomic E-state index is 0.0302. The predicted octanol–water partition coefficient (Wildman–Crippen LogP) is 3.72. The molecule has 0 spiro atoms. The molecule has 3 rings (SSSR count). The lowest BCUT2D eigenvalue weighted by atomic mass is 9.95. The van der Waals surface area contributed by atoms with Crippen LogP contribution in [0, 0.1) is 19.8 Å². The zero-order chi connectivity index (χ0) is 18.5. The maximum Gasteiger partial charge on any atom is 0.227 e. The van der Waals surface area contributed by atoms with Crippen molar-refractivity contribution in [3.63, 3.8) is 0 Å². The molecule has 0 aliphatic carbocycles. The van der Waals surface area contributed by atoms with Crippen LogP contribution in [0.2, 0.25) is 0 Å². The molecule has 1 fully saturated rings. The molecular formula is C22H26N2O2. The van der Waals surface area contributed by atoms with Gasteiger partial charge in [-0.2, -0.15) is 0 Å². The van der Waals surface area contributed by atoms with Crippen molar-refractivity contribution in [2.24, 2.45) is 5.92 Å². The lowest BCUT2D eigenvalue weighted by Crippen LogP contribution is -2.42. The normalized spacial score (nSPS) is 14.9. The second kappa shape index (κ2) is 8.17. The molecule has 2 aromatic rings. The first-order chi connectivity index (χ1) is 12.5. The van der Waals surface area contributed by atoms with Crippen molar-refractivity contribution in [1.29, 1.82) is 0 Å². The highest BCUT2D eigenvalue weighted by Crippen LogP contribution is 2.21. The maximum absolute atomic E-state index is 12.5. The summed E-state index contributed by atoms with van der Waals surface area (Å²) >= 11 is 0. The molecule has 2 amide bonds. The molecule has 1 N–H and O–H groups in total. The highest BCUT2D eigenvalue weighted by atomic mass is 16.2. The Bertz CT molecular complexity index is 778. The molecule has 0 atom stereocenters. The number of hydrogen-bond acceptors (Lipinski definition) is 2. The van der Waals surface area contributed by atoms with Gasteiger partial charge in [-0.3, -0.25) is 9.59 Å². The second-order valence-corrected chi connectivity index (χ2v) is 7.11. The van der Waals surface area contributed by atoms with Gasteiger partial charge in [-0.1, -0.05) is 36.4 Å². The lowest BCUT2D eigenvalue weighted by Gasteiger charge is -2.31. The Kier molecular flexibility index (Phi) is 5.71. The second-order valence-electron chi connectivity index (χ2n) is 7.11. The van der Waals surface area contributed by atoms with Crippen LogP contribution in [0.5, 0.6) is 0 Å². The van der Waals surface area contributed by atoms with Crippen LogP contribution in [-0.4, -0.2) is 29.8 Å². The van der Waals surface area contributed by atoms with Gasteiger partial charge in [0, 0.05) is 24.7 Å². The molecule has 136 valence electrons. The molecule has 4 heteroatoms. The van der Waals surface area contributed by atoms with E-state index in [2.05, 4.69) is 12.2 Å². The standard InChI is InChI=1S/C22H26N2O2/c1-16-8-9-20(14-17(16)2)23-22(26)19-10-12-24(13-11-19)21(25)15-18-6-4-3-5-7-18/h3-9,14,19H,10-13,15H2,1-2H3,(H,23,26). The average molecular weight is 350 g/mol. The van der Waals surface area contributed by atoms with Gasteiger partial charge in [0.15, 0.2) is 0 Å². The monoisotopic (exact) mass is 350 g/mol. The summed E-state index contributed by atoms with van der Waals surface area (Å²) in [5.41, 5.74) is 4.27. The van der Waals surface area contributed by atoms with Crippen molar-refractivity contribution in [3.05, 3.63) is 65.2 Å². The number of hydrogen-bond donors (Lipinski definition) is 1. The van der Waals surface area contributed by atoms with Gasteiger partial charge >= 0.3 is 0 Å². The van der Waals surface area contributed by atoms with E-state index in [1.54, 1.807) is 0 Å². The third-order valence-corrected chi connectivity index (χ3v) is 5.19. The van der Waals surface area contributed by atoms with Gasteiger partial charge in [0.1, 0.15) is 0 Å². The number of piperidine rings is 1. The van der Waals surface area contributed by atoms with E-state index in [0.29, 0.717) is 19.5 Å². The van der Waals surface area contributed by atoms with Gasteiger partial charge in [0.2, 0.25) is 11.8 Å². The first-order valence-corrected chi connectivity index (χ1v) is 9.23. The van der Waals surface area contributed by atoms with Crippen molar-refractivity contribution in [2.75, 3.05) is 18.4 Å². The Morgan fingerprint density at radius 1 is 1.00 bits per heavy atom. The molecule has 1 aliphatic rings. The Morgan fingerprint density at radius 3 is 2.35 bits per heavy atom. The van der Waals surface area contributed by atoms with E-state index in [1.807, 2.05) is 60.4 Å². The Morgan fingerprint density at radius 2 is 1.69 bits per heavy atom. The number of rotatable bonds is 4. The van der Waals surface area contributed by atoms with Crippen LogP contribution < -0.4 is 5.32 Å². The number of likely N-dealkylation sites (tertiary alicyclic amines) is 1. The molecule has 1 saturated heterocycles. The SMILES string of the molecule is Cc1ccc(NC(=O)C2CCN(C(=O)Cc3ccccc3)CC2)cc1C. The van der Waals surface area contributed by atoms with Crippen molar-refractivity contribution in [2.45, 2.75) is 33.1 Å². The van der Waals surface area contributed by atoms with Gasteiger partial charge in [-0.15, -0.1) is 0 Å². The van der Waals surface area contributed by atoms with Crippen LogP contribution in [0.15, 0.2) is 48.5 Å². The molecule has 0 bridgehead atoms. The molecule has 0 saturated carbocycles. The van der Waals surface area contributed by atoms with Gasteiger partial charge in [-0.05, 0) is 55.5 Å². The molecule has 0 radical (unpaired) electrons. The molecule has 0 unspecified atom stereocenters. The fourth-order valence-corrected chi connectivity index (χ4v) is 3.34. The highest BCUT2D eigenvalue weighted by Gasteiger charge is 2.27. The minimum Gasteiger partial charge on any atom is -0.342 e. The van der Waals surface area contributed by atoms with Gasteiger partial charge in [-0.25, -0.2) is 0 Å². The first kappa shape index (κ1) is 18.2. The number of anilines is 1. The number of benzene rings is 2. The summed E-state index contributed by atoms with van der Waals surface area (Å²) in [6.45, 7) is 5.40. The summed E-state index contributed by atoms with van der Waals surface area (Å²) in [5, 5.41) is 3.02. The largest absolute Gasteiger partial charge is 0.342 e. The van der Waals surface area contributed by atoms with Crippen LogP contribution in [-0.2, 0) is 16.0 Å². The molecule has 2 aromatic carbocycles. The number of nitrogens with zero attached hydrogens (tertiary/aromatic N) is 1. The fourth-order valence-electron chi connectivity index (χ4n) is 3.34. The zero-order valence-corrected chi connectivity index (χ0v) is 15.5. The van der Waals surface area contributed by atoms with Crippen LogP contribution in [0.4, 0.5) is 5.69 Å². The van der Waals surface area contributed by atoms with Crippen LogP contribution in [0.3, 0.4) is 0 Å². The van der Waals surface area contributed by atoms with E-state index in [0.717, 1.165) is 24.1 Å².